The smallest absolute Gasteiger partial charge is 0.157 e. The van der Waals surface area contributed by atoms with Crippen LogP contribution in [-0.4, -0.2) is 11.8 Å². The first kappa shape index (κ1) is 18.3. The Morgan fingerprint density at radius 2 is 1.47 bits per heavy atom. The van der Waals surface area contributed by atoms with Crippen LogP contribution in [0.2, 0.25) is 0 Å². The average molecular weight is 394 g/mol. The fraction of sp³-hybridized carbons (Fsp3) is 0.115. The SMILES string of the molecule is CCOc1ccc(-c2cc(CN3c4ccccc4C=Cc4ccccc43)on2)cc1. The molecule has 0 fully saturated rings. The number of para-hydroxylation sites is 2. The lowest BCUT2D eigenvalue weighted by Gasteiger charge is -2.25. The summed E-state index contributed by atoms with van der Waals surface area (Å²) < 4.78 is 11.3. The minimum absolute atomic E-state index is 0.597. The number of anilines is 2. The van der Waals surface area contributed by atoms with Crippen LogP contribution >= 0.6 is 0 Å². The Morgan fingerprint density at radius 1 is 0.833 bits per heavy atom. The van der Waals surface area contributed by atoms with Gasteiger partial charge in [-0.05, 0) is 54.4 Å². The molecule has 4 nitrogen and oxygen atoms in total. The Kier molecular flexibility index (Phi) is 4.81. The van der Waals surface area contributed by atoms with Crippen LogP contribution in [0.3, 0.4) is 0 Å². The molecule has 0 radical (unpaired) electrons. The first-order valence-corrected chi connectivity index (χ1v) is 10.1. The van der Waals surface area contributed by atoms with Gasteiger partial charge < -0.3 is 14.2 Å². The van der Waals surface area contributed by atoms with E-state index in [2.05, 4.69) is 70.7 Å². The molecule has 0 saturated heterocycles. The third kappa shape index (κ3) is 3.48. The molecule has 4 aromatic rings. The predicted molar refractivity (Wildman–Crippen MR) is 121 cm³/mol. The maximum atomic E-state index is 5.73. The molecule has 0 N–H and O–H groups in total. The molecule has 4 heteroatoms. The summed E-state index contributed by atoms with van der Waals surface area (Å²) in [4.78, 5) is 2.28. The quantitative estimate of drug-likeness (QED) is 0.384. The van der Waals surface area contributed by atoms with Crippen LogP contribution in [-0.2, 0) is 6.54 Å². The Labute approximate surface area is 176 Å². The van der Waals surface area contributed by atoms with Crippen molar-refractivity contribution in [1.82, 2.24) is 5.16 Å². The summed E-state index contributed by atoms with van der Waals surface area (Å²) in [6.07, 6.45) is 4.33. The second-order valence-corrected chi connectivity index (χ2v) is 7.17. The number of benzene rings is 3. The largest absolute Gasteiger partial charge is 0.494 e. The van der Waals surface area contributed by atoms with Crippen LogP contribution in [0.5, 0.6) is 5.75 Å². The number of rotatable bonds is 5. The lowest BCUT2D eigenvalue weighted by Crippen LogP contribution is -2.17. The Bertz CT molecular complexity index is 1140. The van der Waals surface area contributed by atoms with Gasteiger partial charge >= 0.3 is 0 Å². The second kappa shape index (κ2) is 7.91. The standard InChI is InChI=1S/C26H22N2O2/c1-2-29-22-15-13-19(14-16-22)24-17-23(30-27-24)18-28-25-9-5-3-7-20(25)11-12-21-8-4-6-10-26(21)28/h3-17H,2,18H2,1H3. The monoisotopic (exact) mass is 394 g/mol. The molecule has 0 bridgehead atoms. The molecule has 0 saturated carbocycles. The minimum atomic E-state index is 0.597. The van der Waals surface area contributed by atoms with Crippen molar-refractivity contribution in [3.8, 4) is 17.0 Å². The van der Waals surface area contributed by atoms with Crippen LogP contribution in [0, 0.1) is 0 Å². The molecule has 0 atom stereocenters. The molecular formula is C26H22N2O2. The second-order valence-electron chi connectivity index (χ2n) is 7.17. The van der Waals surface area contributed by atoms with Crippen molar-refractivity contribution in [2.45, 2.75) is 13.5 Å². The molecule has 1 aliphatic rings. The zero-order valence-corrected chi connectivity index (χ0v) is 16.8. The number of aromatic nitrogens is 1. The molecule has 3 aromatic carbocycles. The molecule has 5 rings (SSSR count). The summed E-state index contributed by atoms with van der Waals surface area (Å²) in [6.45, 7) is 3.23. The van der Waals surface area contributed by atoms with E-state index in [-0.39, 0.29) is 0 Å². The van der Waals surface area contributed by atoms with E-state index in [0.717, 1.165) is 34.1 Å². The van der Waals surface area contributed by atoms with E-state index >= 15 is 0 Å². The van der Waals surface area contributed by atoms with Gasteiger partial charge in [0, 0.05) is 23.0 Å². The van der Waals surface area contributed by atoms with Gasteiger partial charge in [0.2, 0.25) is 0 Å². The highest BCUT2D eigenvalue weighted by Gasteiger charge is 2.20. The molecule has 30 heavy (non-hydrogen) atoms. The molecule has 148 valence electrons. The van der Waals surface area contributed by atoms with E-state index in [0.29, 0.717) is 13.2 Å². The van der Waals surface area contributed by atoms with Gasteiger partial charge in [-0.1, -0.05) is 53.7 Å². The van der Waals surface area contributed by atoms with E-state index in [9.17, 15) is 0 Å². The number of hydrogen-bond acceptors (Lipinski definition) is 4. The summed E-state index contributed by atoms with van der Waals surface area (Å²) in [5.41, 5.74) is 6.49. The van der Waals surface area contributed by atoms with Gasteiger partial charge in [-0.25, -0.2) is 0 Å². The van der Waals surface area contributed by atoms with E-state index < -0.39 is 0 Å². The molecule has 1 aliphatic heterocycles. The molecule has 0 unspecified atom stereocenters. The summed E-state index contributed by atoms with van der Waals surface area (Å²) in [5.74, 6) is 1.67. The number of nitrogens with zero attached hydrogens (tertiary/aromatic N) is 2. The Hall–Kier alpha value is -3.79. The van der Waals surface area contributed by atoms with Crippen LogP contribution in [0.1, 0.15) is 23.8 Å². The van der Waals surface area contributed by atoms with Crippen LogP contribution < -0.4 is 9.64 Å². The van der Waals surface area contributed by atoms with Crippen molar-refractivity contribution in [2.75, 3.05) is 11.5 Å². The van der Waals surface area contributed by atoms with Crippen molar-refractivity contribution < 1.29 is 9.26 Å². The van der Waals surface area contributed by atoms with Crippen LogP contribution in [0.25, 0.3) is 23.4 Å². The zero-order chi connectivity index (χ0) is 20.3. The van der Waals surface area contributed by atoms with E-state index in [1.54, 1.807) is 0 Å². The van der Waals surface area contributed by atoms with Crippen molar-refractivity contribution >= 4 is 23.5 Å². The van der Waals surface area contributed by atoms with Crippen molar-refractivity contribution in [3.63, 3.8) is 0 Å². The summed E-state index contributed by atoms with van der Waals surface area (Å²) in [5, 5.41) is 4.30. The van der Waals surface area contributed by atoms with Crippen LogP contribution in [0.4, 0.5) is 11.4 Å². The van der Waals surface area contributed by atoms with Gasteiger partial charge in [-0.2, -0.15) is 0 Å². The third-order valence-corrected chi connectivity index (χ3v) is 5.23. The maximum Gasteiger partial charge on any atom is 0.157 e. The average Bonchev–Trinajstić information content (AvgIpc) is 3.20. The lowest BCUT2D eigenvalue weighted by atomic mass is 10.1. The molecular weight excluding hydrogens is 372 g/mol. The van der Waals surface area contributed by atoms with E-state index in [4.69, 9.17) is 9.26 Å². The van der Waals surface area contributed by atoms with Crippen molar-refractivity contribution in [3.05, 3.63) is 95.7 Å². The highest BCUT2D eigenvalue weighted by Crippen LogP contribution is 2.37. The number of fused-ring (bicyclic) bond motifs is 2. The Morgan fingerprint density at radius 3 is 2.10 bits per heavy atom. The van der Waals surface area contributed by atoms with E-state index in [1.165, 1.54) is 11.1 Å². The highest BCUT2D eigenvalue weighted by atomic mass is 16.5. The first-order chi connectivity index (χ1) is 14.8. The third-order valence-electron chi connectivity index (χ3n) is 5.23. The first-order valence-electron chi connectivity index (χ1n) is 10.1. The van der Waals surface area contributed by atoms with Gasteiger partial charge in [0.1, 0.15) is 11.4 Å². The van der Waals surface area contributed by atoms with Crippen molar-refractivity contribution in [2.24, 2.45) is 0 Å². The molecule has 1 aromatic heterocycles. The summed E-state index contributed by atoms with van der Waals surface area (Å²) >= 11 is 0. The van der Waals surface area contributed by atoms with Gasteiger partial charge in [-0.15, -0.1) is 0 Å². The van der Waals surface area contributed by atoms with Gasteiger partial charge in [0.05, 0.1) is 13.2 Å². The van der Waals surface area contributed by atoms with Crippen LogP contribution in [0.15, 0.2) is 83.4 Å². The fourth-order valence-electron chi connectivity index (χ4n) is 3.80. The molecule has 2 heterocycles. The maximum absolute atomic E-state index is 5.73. The zero-order valence-electron chi connectivity index (χ0n) is 16.8. The van der Waals surface area contributed by atoms with Gasteiger partial charge in [0.25, 0.3) is 0 Å². The summed E-state index contributed by atoms with van der Waals surface area (Å²) in [7, 11) is 0. The fourth-order valence-corrected chi connectivity index (χ4v) is 3.80. The lowest BCUT2D eigenvalue weighted by molar-refractivity contribution is 0.340. The predicted octanol–water partition coefficient (Wildman–Crippen LogP) is 6.56. The van der Waals surface area contributed by atoms with E-state index in [1.807, 2.05) is 37.3 Å². The summed E-state index contributed by atoms with van der Waals surface area (Å²) in [6, 6.07) is 26.8. The minimum Gasteiger partial charge on any atom is -0.494 e. The Balaban J connectivity index is 1.47. The molecule has 0 spiro atoms. The topological polar surface area (TPSA) is 38.5 Å². The normalized spacial score (nSPS) is 12.2. The highest BCUT2D eigenvalue weighted by molar-refractivity contribution is 5.88. The molecule has 0 amide bonds. The number of ether oxygens (including phenoxy) is 1. The van der Waals surface area contributed by atoms with Crippen molar-refractivity contribution in [1.29, 1.82) is 0 Å². The van der Waals surface area contributed by atoms with Gasteiger partial charge in [0.15, 0.2) is 5.76 Å². The van der Waals surface area contributed by atoms with Gasteiger partial charge in [-0.3, -0.25) is 0 Å². The number of hydrogen-bond donors (Lipinski definition) is 0. The molecule has 0 aliphatic carbocycles.